The normalized spacial score (nSPS) is 10.3. The number of carbonyl (C=O) groups is 1. The number of ether oxygens (including phenoxy) is 2. The Bertz CT molecular complexity index is 842. The number of esters is 1. The van der Waals surface area contributed by atoms with Gasteiger partial charge >= 0.3 is 5.97 Å². The molecule has 0 amide bonds. The van der Waals surface area contributed by atoms with Gasteiger partial charge in [0, 0.05) is 0 Å². The van der Waals surface area contributed by atoms with Crippen LogP contribution in [0.2, 0.25) is 0 Å². The molecule has 3 aromatic rings. The predicted molar refractivity (Wildman–Crippen MR) is 103 cm³/mol. The van der Waals surface area contributed by atoms with Crippen molar-refractivity contribution >= 4 is 5.97 Å². The molecule has 0 spiro atoms. The van der Waals surface area contributed by atoms with Gasteiger partial charge in [0.1, 0.15) is 12.4 Å². The van der Waals surface area contributed by atoms with E-state index < -0.39 is 0 Å². The van der Waals surface area contributed by atoms with Gasteiger partial charge in [0.05, 0.1) is 13.0 Å². The Hall–Kier alpha value is -3.07. The zero-order valence-electron chi connectivity index (χ0n) is 14.9. The molecule has 0 N–H and O–H groups in total. The van der Waals surface area contributed by atoms with Crippen molar-refractivity contribution in [2.45, 2.75) is 20.0 Å². The van der Waals surface area contributed by atoms with E-state index in [4.69, 9.17) is 9.47 Å². The lowest BCUT2D eigenvalue weighted by molar-refractivity contribution is -0.142. The average molecular weight is 346 g/mol. The molecule has 0 bridgehead atoms. The van der Waals surface area contributed by atoms with Crippen molar-refractivity contribution in [3.05, 3.63) is 90.0 Å². The van der Waals surface area contributed by atoms with Gasteiger partial charge in [-0.3, -0.25) is 4.79 Å². The third-order valence-corrected chi connectivity index (χ3v) is 3.98. The molecule has 0 saturated heterocycles. The van der Waals surface area contributed by atoms with Crippen molar-refractivity contribution in [1.82, 2.24) is 0 Å². The number of hydrogen-bond donors (Lipinski definition) is 0. The summed E-state index contributed by atoms with van der Waals surface area (Å²) in [6.45, 7) is 2.68. The molecule has 0 aromatic heterocycles. The lowest BCUT2D eigenvalue weighted by Gasteiger charge is -2.12. The molecule has 3 heteroatoms. The third kappa shape index (κ3) is 4.96. The summed E-state index contributed by atoms with van der Waals surface area (Å²) in [5.41, 5.74) is 4.09. The molecule has 0 saturated carbocycles. The summed E-state index contributed by atoms with van der Waals surface area (Å²) in [5.74, 6) is 0.515. The smallest absolute Gasteiger partial charge is 0.310 e. The van der Waals surface area contributed by atoms with Crippen molar-refractivity contribution in [1.29, 1.82) is 0 Å². The quantitative estimate of drug-likeness (QED) is 0.562. The lowest BCUT2D eigenvalue weighted by Crippen LogP contribution is -2.08. The Balaban J connectivity index is 1.85. The highest BCUT2D eigenvalue weighted by Gasteiger charge is 2.09. The molecule has 3 nitrogen and oxygen atoms in total. The minimum Gasteiger partial charge on any atom is -0.489 e. The summed E-state index contributed by atoms with van der Waals surface area (Å²) in [5, 5.41) is 0. The first-order valence-electron chi connectivity index (χ1n) is 8.76. The second-order valence-corrected chi connectivity index (χ2v) is 5.99. The van der Waals surface area contributed by atoms with E-state index in [9.17, 15) is 4.79 Å². The molecule has 0 fully saturated rings. The molecule has 0 atom stereocenters. The van der Waals surface area contributed by atoms with Gasteiger partial charge in [0.15, 0.2) is 0 Å². The van der Waals surface area contributed by atoms with Crippen molar-refractivity contribution < 1.29 is 14.3 Å². The Labute approximate surface area is 154 Å². The van der Waals surface area contributed by atoms with Crippen LogP contribution in [0.25, 0.3) is 11.1 Å². The molecular weight excluding hydrogens is 324 g/mol. The molecule has 0 aliphatic heterocycles. The molecular formula is C23H22O3. The van der Waals surface area contributed by atoms with E-state index in [2.05, 4.69) is 0 Å². The van der Waals surface area contributed by atoms with Crippen molar-refractivity contribution in [3.63, 3.8) is 0 Å². The predicted octanol–water partition coefficient (Wildman–Crippen LogP) is 5.04. The van der Waals surface area contributed by atoms with Gasteiger partial charge in [-0.05, 0) is 41.3 Å². The van der Waals surface area contributed by atoms with E-state index in [1.807, 2.05) is 85.8 Å². The van der Waals surface area contributed by atoms with Crippen LogP contribution in [0.5, 0.6) is 5.75 Å². The van der Waals surface area contributed by atoms with Gasteiger partial charge in [-0.1, -0.05) is 66.7 Å². The van der Waals surface area contributed by atoms with Crippen molar-refractivity contribution in [2.75, 3.05) is 6.61 Å². The fourth-order valence-electron chi connectivity index (χ4n) is 2.76. The monoisotopic (exact) mass is 346 g/mol. The van der Waals surface area contributed by atoms with Crippen LogP contribution in [0.1, 0.15) is 18.1 Å². The summed E-state index contributed by atoms with van der Waals surface area (Å²) in [6, 6.07) is 26.0. The standard InChI is InChI=1S/C23H22O3/c1-2-25-23(24)15-19-13-21(20-11-7-4-8-12-20)16-22(14-19)26-17-18-9-5-3-6-10-18/h3-14,16H,2,15,17H2,1H3. The van der Waals surface area contributed by atoms with Crippen molar-refractivity contribution in [2.24, 2.45) is 0 Å². The van der Waals surface area contributed by atoms with Crippen LogP contribution in [0, 0.1) is 0 Å². The summed E-state index contributed by atoms with van der Waals surface area (Å²) in [4.78, 5) is 11.9. The summed E-state index contributed by atoms with van der Waals surface area (Å²) >= 11 is 0. The molecule has 0 aliphatic rings. The summed E-state index contributed by atoms with van der Waals surface area (Å²) in [6.07, 6.45) is 0.232. The van der Waals surface area contributed by atoms with Gasteiger partial charge < -0.3 is 9.47 Å². The molecule has 132 valence electrons. The molecule has 3 rings (SSSR count). The van der Waals surface area contributed by atoms with E-state index in [0.717, 1.165) is 28.0 Å². The number of benzene rings is 3. The SMILES string of the molecule is CCOC(=O)Cc1cc(OCc2ccccc2)cc(-c2ccccc2)c1. The van der Waals surface area contributed by atoms with Gasteiger partial charge in [0.2, 0.25) is 0 Å². The highest BCUT2D eigenvalue weighted by molar-refractivity contribution is 5.74. The van der Waals surface area contributed by atoms with E-state index in [1.165, 1.54) is 0 Å². The zero-order valence-corrected chi connectivity index (χ0v) is 14.9. The zero-order chi connectivity index (χ0) is 18.2. The minimum atomic E-state index is -0.230. The number of rotatable bonds is 7. The second-order valence-electron chi connectivity index (χ2n) is 5.99. The maximum atomic E-state index is 11.9. The van der Waals surface area contributed by atoms with Crippen LogP contribution >= 0.6 is 0 Å². The fraction of sp³-hybridized carbons (Fsp3) is 0.174. The van der Waals surface area contributed by atoms with Gasteiger partial charge in [-0.2, -0.15) is 0 Å². The maximum absolute atomic E-state index is 11.9. The minimum absolute atomic E-state index is 0.230. The van der Waals surface area contributed by atoms with Crippen LogP contribution in [-0.4, -0.2) is 12.6 Å². The first-order valence-corrected chi connectivity index (χ1v) is 8.76. The van der Waals surface area contributed by atoms with Crippen LogP contribution in [0.15, 0.2) is 78.9 Å². The summed E-state index contributed by atoms with van der Waals surface area (Å²) in [7, 11) is 0. The average Bonchev–Trinajstić information content (AvgIpc) is 2.68. The first kappa shape index (κ1) is 17.7. The fourth-order valence-corrected chi connectivity index (χ4v) is 2.76. The van der Waals surface area contributed by atoms with Gasteiger partial charge in [-0.25, -0.2) is 0 Å². The van der Waals surface area contributed by atoms with Gasteiger partial charge in [0.25, 0.3) is 0 Å². The van der Waals surface area contributed by atoms with Crippen molar-refractivity contribution in [3.8, 4) is 16.9 Å². The molecule has 3 aromatic carbocycles. The molecule has 0 unspecified atom stereocenters. The second kappa shape index (κ2) is 8.86. The van der Waals surface area contributed by atoms with Crippen LogP contribution < -0.4 is 4.74 Å². The van der Waals surface area contributed by atoms with E-state index >= 15 is 0 Å². The number of hydrogen-bond acceptors (Lipinski definition) is 3. The molecule has 0 heterocycles. The number of carbonyl (C=O) groups excluding carboxylic acids is 1. The summed E-state index contributed by atoms with van der Waals surface area (Å²) < 4.78 is 11.1. The van der Waals surface area contributed by atoms with E-state index in [0.29, 0.717) is 13.2 Å². The Morgan fingerprint density at radius 2 is 1.50 bits per heavy atom. The molecule has 26 heavy (non-hydrogen) atoms. The Kier molecular flexibility index (Phi) is 6.05. The third-order valence-electron chi connectivity index (χ3n) is 3.98. The van der Waals surface area contributed by atoms with E-state index in [1.54, 1.807) is 0 Å². The maximum Gasteiger partial charge on any atom is 0.310 e. The van der Waals surface area contributed by atoms with Crippen LogP contribution in [-0.2, 0) is 22.6 Å². The Morgan fingerprint density at radius 1 is 0.808 bits per heavy atom. The lowest BCUT2D eigenvalue weighted by atomic mass is 10.0. The first-order chi connectivity index (χ1) is 12.7. The Morgan fingerprint density at radius 3 is 2.19 bits per heavy atom. The van der Waals surface area contributed by atoms with E-state index in [-0.39, 0.29) is 12.4 Å². The molecule has 0 aliphatic carbocycles. The highest BCUT2D eigenvalue weighted by atomic mass is 16.5. The largest absolute Gasteiger partial charge is 0.489 e. The van der Waals surface area contributed by atoms with Crippen LogP contribution in [0.4, 0.5) is 0 Å². The highest BCUT2D eigenvalue weighted by Crippen LogP contribution is 2.27. The topological polar surface area (TPSA) is 35.5 Å². The van der Waals surface area contributed by atoms with Gasteiger partial charge in [-0.15, -0.1) is 0 Å². The molecule has 0 radical (unpaired) electrons. The van der Waals surface area contributed by atoms with Crippen LogP contribution in [0.3, 0.4) is 0 Å².